The van der Waals surface area contributed by atoms with Crippen molar-refractivity contribution in [1.82, 2.24) is 0 Å². The Bertz CT molecular complexity index is 181. The van der Waals surface area contributed by atoms with Crippen LogP contribution in [0.2, 0.25) is 0 Å². The van der Waals surface area contributed by atoms with Crippen LogP contribution in [0.15, 0.2) is 0 Å². The van der Waals surface area contributed by atoms with Crippen molar-refractivity contribution >= 4 is 16.0 Å². The van der Waals surface area contributed by atoms with Crippen molar-refractivity contribution in [2.75, 3.05) is 42.8 Å². The van der Waals surface area contributed by atoms with Gasteiger partial charge in [0.15, 0.2) is 0 Å². The van der Waals surface area contributed by atoms with Crippen LogP contribution in [-0.4, -0.2) is 48.8 Å². The van der Waals surface area contributed by atoms with Gasteiger partial charge in [-0.05, 0) is 0 Å². The number of carbonyl (C=O) groups excluding carboxylic acids is 1. The van der Waals surface area contributed by atoms with Crippen molar-refractivity contribution in [1.29, 1.82) is 0 Å². The molecule has 0 radical (unpaired) electrons. The minimum Gasteiger partial charge on any atom is -0.464 e. The van der Waals surface area contributed by atoms with Crippen LogP contribution in [-0.2, 0) is 14.3 Å². The fraction of sp³-hybridized carbons (Fsp3) is 0.875. The molecule has 2 aliphatic rings. The topological polar surface area (TPSA) is 35.5 Å². The number of hydrogen-bond donors (Lipinski definition) is 0. The van der Waals surface area contributed by atoms with E-state index in [0.717, 1.165) is 30.5 Å². The van der Waals surface area contributed by atoms with E-state index in [-0.39, 0.29) is 5.97 Å². The van der Waals surface area contributed by atoms with Gasteiger partial charge < -0.3 is 9.47 Å². The van der Waals surface area contributed by atoms with E-state index in [0.29, 0.717) is 12.4 Å². The van der Waals surface area contributed by atoms with Crippen molar-refractivity contribution < 1.29 is 14.3 Å². The molecule has 2 aliphatic heterocycles. The third-order valence-corrected chi connectivity index (χ3v) is 6.47. The van der Waals surface area contributed by atoms with Crippen molar-refractivity contribution in [2.24, 2.45) is 0 Å². The van der Waals surface area contributed by atoms with Crippen LogP contribution in [0, 0.1) is 0 Å². The molecule has 0 amide bonds. The molecule has 0 unspecified atom stereocenters. The standard InChI is InChI=1S/C8H14O3S/c9-8-7-12(6-3-11-8)4-1-10-2-5-12/h1-7H2. The highest BCUT2D eigenvalue weighted by Crippen LogP contribution is 2.50. The summed E-state index contributed by atoms with van der Waals surface area (Å²) in [4.78, 5) is 11.1. The molecule has 3 nitrogen and oxygen atoms in total. The summed E-state index contributed by atoms with van der Waals surface area (Å²) in [5, 5.41) is 0. The number of hydrogen-bond acceptors (Lipinski definition) is 3. The van der Waals surface area contributed by atoms with E-state index >= 15 is 0 Å². The maximum absolute atomic E-state index is 11.1. The first kappa shape index (κ1) is 8.38. The molecular weight excluding hydrogens is 176 g/mol. The normalized spacial score (nSPS) is 31.2. The molecule has 4 heteroatoms. The van der Waals surface area contributed by atoms with Gasteiger partial charge >= 0.3 is 5.97 Å². The van der Waals surface area contributed by atoms with Crippen LogP contribution in [0.4, 0.5) is 0 Å². The molecule has 0 aromatic rings. The molecule has 2 heterocycles. The fourth-order valence-electron chi connectivity index (χ4n) is 1.72. The van der Waals surface area contributed by atoms with Crippen LogP contribution in [0.25, 0.3) is 0 Å². The average Bonchev–Trinajstić information content (AvgIpc) is 2.05. The maximum atomic E-state index is 11.1. The second-order valence-corrected chi connectivity index (χ2v) is 7.28. The number of cyclic esters (lactones) is 1. The minimum atomic E-state index is -0.648. The summed E-state index contributed by atoms with van der Waals surface area (Å²) in [6.07, 6.45) is 0. The molecule has 2 rings (SSSR count). The lowest BCUT2D eigenvalue weighted by atomic mass is 10.7. The van der Waals surface area contributed by atoms with Gasteiger partial charge in [0.1, 0.15) is 0 Å². The second-order valence-electron chi connectivity index (χ2n) is 3.31. The maximum Gasteiger partial charge on any atom is 0.314 e. The Hall–Kier alpha value is -0.220. The smallest absolute Gasteiger partial charge is 0.314 e. The molecule has 0 aliphatic carbocycles. The molecule has 0 aromatic carbocycles. The Labute approximate surface area is 73.7 Å². The van der Waals surface area contributed by atoms with Gasteiger partial charge in [-0.2, -0.15) is 0 Å². The molecule has 0 aromatic heterocycles. The van der Waals surface area contributed by atoms with Gasteiger partial charge in [0.2, 0.25) is 0 Å². The van der Waals surface area contributed by atoms with Crippen molar-refractivity contribution in [2.45, 2.75) is 0 Å². The molecule has 12 heavy (non-hydrogen) atoms. The lowest BCUT2D eigenvalue weighted by Crippen LogP contribution is -2.36. The zero-order chi connectivity index (χ0) is 8.44. The highest BCUT2D eigenvalue weighted by atomic mass is 32.3. The van der Waals surface area contributed by atoms with E-state index in [1.807, 2.05) is 0 Å². The fourth-order valence-corrected chi connectivity index (χ4v) is 4.73. The predicted octanol–water partition coefficient (Wildman–Crippen LogP) is 0.378. The molecular formula is C8H14O3S. The summed E-state index contributed by atoms with van der Waals surface area (Å²) in [5.41, 5.74) is 0. The van der Waals surface area contributed by atoms with Crippen LogP contribution < -0.4 is 0 Å². The molecule has 0 bridgehead atoms. The molecule has 0 saturated carbocycles. The van der Waals surface area contributed by atoms with Crippen molar-refractivity contribution in [3.05, 3.63) is 0 Å². The summed E-state index contributed by atoms with van der Waals surface area (Å²) < 4.78 is 10.2. The Balaban J connectivity index is 2.02. The van der Waals surface area contributed by atoms with Gasteiger partial charge in [-0.1, -0.05) is 0 Å². The molecule has 0 atom stereocenters. The van der Waals surface area contributed by atoms with Gasteiger partial charge in [-0.25, -0.2) is 10.0 Å². The Morgan fingerprint density at radius 1 is 1.08 bits per heavy atom. The van der Waals surface area contributed by atoms with Gasteiger partial charge in [0.25, 0.3) is 0 Å². The Morgan fingerprint density at radius 2 is 1.75 bits per heavy atom. The quantitative estimate of drug-likeness (QED) is 0.518. The van der Waals surface area contributed by atoms with Gasteiger partial charge in [-0.15, -0.1) is 0 Å². The highest BCUT2D eigenvalue weighted by Gasteiger charge is 2.33. The van der Waals surface area contributed by atoms with Crippen molar-refractivity contribution in [3.63, 3.8) is 0 Å². The lowest BCUT2D eigenvalue weighted by Gasteiger charge is -2.44. The first-order chi connectivity index (χ1) is 5.81. The summed E-state index contributed by atoms with van der Waals surface area (Å²) >= 11 is 0. The van der Waals surface area contributed by atoms with Crippen LogP contribution >= 0.6 is 10.0 Å². The average molecular weight is 190 g/mol. The molecule has 1 spiro atoms. The van der Waals surface area contributed by atoms with E-state index < -0.39 is 10.0 Å². The SMILES string of the molecule is O=C1CS2(CCOCC2)CCO1. The van der Waals surface area contributed by atoms with Crippen LogP contribution in [0.3, 0.4) is 0 Å². The van der Waals surface area contributed by atoms with E-state index in [4.69, 9.17) is 9.47 Å². The minimum absolute atomic E-state index is 0.0122. The van der Waals surface area contributed by atoms with E-state index in [2.05, 4.69) is 0 Å². The van der Waals surface area contributed by atoms with Crippen LogP contribution in [0.1, 0.15) is 0 Å². The highest BCUT2D eigenvalue weighted by molar-refractivity contribution is 8.34. The first-order valence-electron chi connectivity index (χ1n) is 4.28. The number of rotatable bonds is 0. The summed E-state index contributed by atoms with van der Waals surface area (Å²) in [6.45, 7) is 2.35. The van der Waals surface area contributed by atoms with Crippen LogP contribution in [0.5, 0.6) is 0 Å². The zero-order valence-electron chi connectivity index (χ0n) is 7.08. The second kappa shape index (κ2) is 3.26. The monoisotopic (exact) mass is 190 g/mol. The van der Waals surface area contributed by atoms with E-state index in [1.165, 1.54) is 0 Å². The molecule has 70 valence electrons. The molecule has 0 N–H and O–H groups in total. The van der Waals surface area contributed by atoms with Gasteiger partial charge in [0.05, 0.1) is 25.6 Å². The number of ether oxygens (including phenoxy) is 2. The van der Waals surface area contributed by atoms with Gasteiger partial charge in [0, 0.05) is 17.3 Å². The first-order valence-corrected chi connectivity index (χ1v) is 6.59. The third kappa shape index (κ3) is 1.59. The summed E-state index contributed by atoms with van der Waals surface area (Å²) in [5.74, 6) is 4.04. The number of esters is 1. The number of carbonyl (C=O) groups is 1. The zero-order valence-corrected chi connectivity index (χ0v) is 7.90. The van der Waals surface area contributed by atoms with E-state index in [9.17, 15) is 4.79 Å². The van der Waals surface area contributed by atoms with E-state index in [1.54, 1.807) is 0 Å². The summed E-state index contributed by atoms with van der Waals surface area (Å²) in [7, 11) is -0.648. The Morgan fingerprint density at radius 3 is 2.42 bits per heavy atom. The molecule has 2 saturated heterocycles. The lowest BCUT2D eigenvalue weighted by molar-refractivity contribution is -0.140. The largest absolute Gasteiger partial charge is 0.464 e. The Kier molecular flexibility index (Phi) is 2.28. The molecule has 2 fully saturated rings. The summed E-state index contributed by atoms with van der Waals surface area (Å²) in [6, 6.07) is 0. The van der Waals surface area contributed by atoms with Gasteiger partial charge in [-0.3, -0.25) is 4.79 Å². The van der Waals surface area contributed by atoms with Crippen molar-refractivity contribution in [3.8, 4) is 0 Å². The predicted molar refractivity (Wildman–Crippen MR) is 48.8 cm³/mol. The third-order valence-electron chi connectivity index (χ3n) is 2.52.